The Morgan fingerprint density at radius 2 is 2.05 bits per heavy atom. The molecule has 0 saturated carbocycles. The van der Waals surface area contributed by atoms with Crippen LogP contribution in [0.3, 0.4) is 0 Å². The summed E-state index contributed by atoms with van der Waals surface area (Å²) in [6, 6.07) is 12.5. The maximum absolute atomic E-state index is 12.2. The molecule has 0 aromatic heterocycles. The maximum Gasteiger partial charge on any atom is 0.237 e. The molecule has 2 rings (SSSR count). The van der Waals surface area contributed by atoms with Crippen molar-refractivity contribution >= 4 is 44.0 Å². The number of rotatable bonds is 4. The highest BCUT2D eigenvalue weighted by molar-refractivity contribution is 9.10. The van der Waals surface area contributed by atoms with E-state index in [0.717, 1.165) is 5.56 Å². The van der Waals surface area contributed by atoms with Crippen LogP contribution in [0.1, 0.15) is 5.56 Å². The van der Waals surface area contributed by atoms with Crippen molar-refractivity contribution in [3.8, 4) is 0 Å². The van der Waals surface area contributed by atoms with Crippen LogP contribution >= 0.6 is 15.9 Å². The lowest BCUT2D eigenvalue weighted by Gasteiger charge is -2.07. The quantitative estimate of drug-likeness (QED) is 0.816. The molecule has 0 fully saturated rings. The zero-order chi connectivity index (χ0) is 15.4. The van der Waals surface area contributed by atoms with Crippen LogP contribution in [0.15, 0.2) is 51.8 Å². The second-order valence-corrected chi connectivity index (χ2v) is 6.87. The molecule has 4 nitrogen and oxygen atoms in total. The molecule has 0 aliphatic rings. The highest BCUT2D eigenvalue weighted by Crippen LogP contribution is 2.23. The molecule has 3 N–H and O–H groups in total. The number of benzene rings is 2. The van der Waals surface area contributed by atoms with Crippen LogP contribution < -0.4 is 11.1 Å². The monoisotopic (exact) mass is 366 g/mol. The molecule has 110 valence electrons. The van der Waals surface area contributed by atoms with Crippen LogP contribution in [-0.4, -0.2) is 15.9 Å². The van der Waals surface area contributed by atoms with Crippen molar-refractivity contribution in [3.05, 3.63) is 52.5 Å². The van der Waals surface area contributed by atoms with E-state index < -0.39 is 10.8 Å². The van der Waals surface area contributed by atoms with Crippen molar-refractivity contribution in [2.45, 2.75) is 11.8 Å². The van der Waals surface area contributed by atoms with Crippen molar-refractivity contribution in [2.24, 2.45) is 0 Å². The van der Waals surface area contributed by atoms with Crippen molar-refractivity contribution in [1.82, 2.24) is 0 Å². The van der Waals surface area contributed by atoms with E-state index in [0.29, 0.717) is 20.7 Å². The van der Waals surface area contributed by atoms with E-state index in [4.69, 9.17) is 5.73 Å². The van der Waals surface area contributed by atoms with Crippen molar-refractivity contribution < 1.29 is 9.00 Å². The summed E-state index contributed by atoms with van der Waals surface area (Å²) in [5, 5.41) is 2.74. The van der Waals surface area contributed by atoms with E-state index in [2.05, 4.69) is 21.2 Å². The van der Waals surface area contributed by atoms with E-state index in [-0.39, 0.29) is 11.7 Å². The molecule has 6 heteroatoms. The summed E-state index contributed by atoms with van der Waals surface area (Å²) in [5.74, 6) is -0.390. The number of nitrogens with two attached hydrogens (primary N) is 1. The minimum atomic E-state index is -1.43. The Hall–Kier alpha value is -1.66. The first-order valence-corrected chi connectivity index (χ1v) is 8.37. The average molecular weight is 367 g/mol. The SMILES string of the molecule is Cc1cccc(NC(=O)CS(=O)c2ccc(N)cc2Br)c1. The molecular formula is C15H15BrN2O2S. The number of hydrogen-bond acceptors (Lipinski definition) is 3. The lowest BCUT2D eigenvalue weighted by Crippen LogP contribution is -2.19. The third-order valence-electron chi connectivity index (χ3n) is 2.77. The van der Waals surface area contributed by atoms with Crippen LogP contribution in [0, 0.1) is 6.92 Å². The first-order chi connectivity index (χ1) is 9.95. The van der Waals surface area contributed by atoms with Crippen LogP contribution in [-0.2, 0) is 15.6 Å². The topological polar surface area (TPSA) is 72.2 Å². The third kappa shape index (κ3) is 4.41. The molecule has 1 amide bonds. The zero-order valence-electron chi connectivity index (χ0n) is 11.4. The van der Waals surface area contributed by atoms with E-state index in [1.807, 2.05) is 25.1 Å². The number of carbonyl (C=O) groups excluding carboxylic acids is 1. The minimum absolute atomic E-state index is 0.101. The van der Waals surface area contributed by atoms with Crippen molar-refractivity contribution in [1.29, 1.82) is 0 Å². The number of anilines is 2. The highest BCUT2D eigenvalue weighted by Gasteiger charge is 2.13. The Kier molecular flexibility index (Phi) is 5.14. The molecule has 0 heterocycles. The standard InChI is InChI=1S/C15H15BrN2O2S/c1-10-3-2-4-12(7-10)18-15(19)9-21(20)14-6-5-11(17)8-13(14)16/h2-8H,9,17H2,1H3,(H,18,19). The Labute approximate surface area is 134 Å². The second kappa shape index (κ2) is 6.87. The highest BCUT2D eigenvalue weighted by atomic mass is 79.9. The lowest BCUT2D eigenvalue weighted by atomic mass is 10.2. The maximum atomic E-state index is 12.2. The molecule has 0 aliphatic carbocycles. The molecule has 2 aromatic rings. The number of amides is 1. The number of nitrogen functional groups attached to an aromatic ring is 1. The smallest absolute Gasteiger partial charge is 0.237 e. The summed E-state index contributed by atoms with van der Waals surface area (Å²) in [6.07, 6.45) is 0. The molecule has 0 saturated heterocycles. The van der Waals surface area contributed by atoms with Gasteiger partial charge in [0.1, 0.15) is 5.75 Å². The summed E-state index contributed by atoms with van der Waals surface area (Å²) >= 11 is 3.31. The minimum Gasteiger partial charge on any atom is -0.399 e. The molecular weight excluding hydrogens is 352 g/mol. The van der Waals surface area contributed by atoms with Gasteiger partial charge in [0.15, 0.2) is 0 Å². The molecule has 1 unspecified atom stereocenters. The summed E-state index contributed by atoms with van der Waals surface area (Å²) in [7, 11) is -1.43. The molecule has 2 aromatic carbocycles. The summed E-state index contributed by atoms with van der Waals surface area (Å²) in [4.78, 5) is 12.5. The Morgan fingerprint density at radius 3 is 2.71 bits per heavy atom. The molecule has 0 aliphatic heterocycles. The Bertz CT molecular complexity index is 704. The summed E-state index contributed by atoms with van der Waals surface area (Å²) < 4.78 is 12.9. The number of hydrogen-bond donors (Lipinski definition) is 2. The molecule has 21 heavy (non-hydrogen) atoms. The van der Waals surface area contributed by atoms with Gasteiger partial charge >= 0.3 is 0 Å². The fourth-order valence-corrected chi connectivity index (χ4v) is 3.72. The first kappa shape index (κ1) is 15.7. The van der Waals surface area contributed by atoms with Crippen LogP contribution in [0.25, 0.3) is 0 Å². The fraction of sp³-hybridized carbons (Fsp3) is 0.133. The zero-order valence-corrected chi connectivity index (χ0v) is 13.8. The first-order valence-electron chi connectivity index (χ1n) is 6.25. The second-order valence-electron chi connectivity index (χ2n) is 4.60. The van der Waals surface area contributed by atoms with Gasteiger partial charge in [-0.05, 0) is 58.7 Å². The average Bonchev–Trinajstić information content (AvgIpc) is 2.38. The summed E-state index contributed by atoms with van der Waals surface area (Å²) in [6.45, 7) is 1.94. The van der Waals surface area contributed by atoms with Gasteiger partial charge in [-0.3, -0.25) is 9.00 Å². The van der Waals surface area contributed by atoms with Gasteiger partial charge in [0.2, 0.25) is 5.91 Å². The number of carbonyl (C=O) groups is 1. The van der Waals surface area contributed by atoms with Crippen molar-refractivity contribution in [2.75, 3.05) is 16.8 Å². The number of aryl methyl sites for hydroxylation is 1. The Morgan fingerprint density at radius 1 is 1.29 bits per heavy atom. The normalized spacial score (nSPS) is 11.9. The molecule has 0 spiro atoms. The third-order valence-corrected chi connectivity index (χ3v) is 5.05. The van der Waals surface area contributed by atoms with E-state index in [1.165, 1.54) is 0 Å². The van der Waals surface area contributed by atoms with Gasteiger partial charge in [-0.2, -0.15) is 0 Å². The van der Waals surface area contributed by atoms with Crippen LogP contribution in [0.5, 0.6) is 0 Å². The Balaban J connectivity index is 2.04. The van der Waals surface area contributed by atoms with Gasteiger partial charge in [-0.25, -0.2) is 0 Å². The van der Waals surface area contributed by atoms with Crippen LogP contribution in [0.4, 0.5) is 11.4 Å². The predicted molar refractivity (Wildman–Crippen MR) is 89.6 cm³/mol. The summed E-state index contributed by atoms with van der Waals surface area (Å²) in [5.41, 5.74) is 7.97. The van der Waals surface area contributed by atoms with Crippen molar-refractivity contribution in [3.63, 3.8) is 0 Å². The molecule has 1 atom stereocenters. The largest absolute Gasteiger partial charge is 0.399 e. The predicted octanol–water partition coefficient (Wildman–Crippen LogP) is 3.09. The number of nitrogens with one attached hydrogen (secondary N) is 1. The van der Waals surface area contributed by atoms with Gasteiger partial charge in [-0.1, -0.05) is 12.1 Å². The molecule has 0 bridgehead atoms. The molecule has 0 radical (unpaired) electrons. The van der Waals surface area contributed by atoms with Gasteiger partial charge in [0.25, 0.3) is 0 Å². The van der Waals surface area contributed by atoms with E-state index >= 15 is 0 Å². The fourth-order valence-electron chi connectivity index (χ4n) is 1.82. The van der Waals surface area contributed by atoms with Gasteiger partial charge < -0.3 is 11.1 Å². The number of halogens is 1. The lowest BCUT2D eigenvalue weighted by molar-refractivity contribution is -0.113. The van der Waals surface area contributed by atoms with E-state index in [9.17, 15) is 9.00 Å². The van der Waals surface area contributed by atoms with E-state index in [1.54, 1.807) is 24.3 Å². The van der Waals surface area contributed by atoms with Gasteiger partial charge in [-0.15, -0.1) is 0 Å². The van der Waals surface area contributed by atoms with Gasteiger partial charge in [0, 0.05) is 15.8 Å². The van der Waals surface area contributed by atoms with Gasteiger partial charge in [0.05, 0.1) is 15.7 Å². The van der Waals surface area contributed by atoms with Crippen LogP contribution in [0.2, 0.25) is 0 Å².